The van der Waals surface area contributed by atoms with E-state index in [0.29, 0.717) is 6.54 Å². The molecule has 1 aliphatic heterocycles. The predicted molar refractivity (Wildman–Crippen MR) is 76.8 cm³/mol. The van der Waals surface area contributed by atoms with Gasteiger partial charge < -0.3 is 10.0 Å². The van der Waals surface area contributed by atoms with Crippen LogP contribution in [0.2, 0.25) is 0 Å². The summed E-state index contributed by atoms with van der Waals surface area (Å²) >= 11 is 0. The Morgan fingerprint density at radius 1 is 1.40 bits per heavy atom. The predicted octanol–water partition coefficient (Wildman–Crippen LogP) is 2.24. The van der Waals surface area contributed by atoms with Gasteiger partial charge in [-0.1, -0.05) is 12.1 Å². The second-order valence-electron chi connectivity index (χ2n) is 5.29. The van der Waals surface area contributed by atoms with Gasteiger partial charge in [0.25, 0.3) is 0 Å². The number of aryl methyl sites for hydroxylation is 1. The molecule has 1 unspecified atom stereocenters. The summed E-state index contributed by atoms with van der Waals surface area (Å²) in [5.41, 5.74) is 2.05. The van der Waals surface area contributed by atoms with Crippen LogP contribution in [0, 0.1) is 12.8 Å². The molecule has 0 radical (unpaired) electrons. The van der Waals surface area contributed by atoms with Crippen LogP contribution in [0.3, 0.4) is 0 Å². The molecule has 5 nitrogen and oxygen atoms in total. The van der Waals surface area contributed by atoms with Crippen LogP contribution in [0.5, 0.6) is 0 Å². The number of aliphatic carboxylic acids is 1. The molecule has 1 aromatic heterocycles. The zero-order valence-electron chi connectivity index (χ0n) is 11.4. The molecule has 0 amide bonds. The summed E-state index contributed by atoms with van der Waals surface area (Å²) in [6.07, 6.45) is 3.19. The number of carboxylic acids is 1. The average molecular weight is 271 g/mol. The molecule has 0 spiro atoms. The Balaban J connectivity index is 2.02. The Bertz CT molecular complexity index is 657. The van der Waals surface area contributed by atoms with Crippen molar-refractivity contribution in [3.05, 3.63) is 30.1 Å². The number of anilines is 1. The lowest BCUT2D eigenvalue weighted by Gasteiger charge is -2.32. The molecule has 0 aliphatic carbocycles. The maximum absolute atomic E-state index is 11.2. The topological polar surface area (TPSA) is 66.3 Å². The molecule has 1 aromatic carbocycles. The summed E-state index contributed by atoms with van der Waals surface area (Å²) in [6, 6.07) is 6.01. The molecule has 1 N–H and O–H groups in total. The van der Waals surface area contributed by atoms with Gasteiger partial charge in [0.15, 0.2) is 0 Å². The lowest BCUT2D eigenvalue weighted by atomic mass is 9.98. The van der Waals surface area contributed by atoms with Gasteiger partial charge in [0.1, 0.15) is 12.1 Å². The number of nitrogens with zero attached hydrogens (tertiary/aromatic N) is 3. The molecule has 1 atom stereocenters. The van der Waals surface area contributed by atoms with E-state index < -0.39 is 5.97 Å². The molecule has 2 heterocycles. The van der Waals surface area contributed by atoms with Crippen molar-refractivity contribution < 1.29 is 9.90 Å². The molecule has 1 saturated heterocycles. The fraction of sp³-hybridized carbons (Fsp3) is 0.400. The van der Waals surface area contributed by atoms with Gasteiger partial charge in [-0.05, 0) is 31.4 Å². The molecular weight excluding hydrogens is 254 g/mol. The van der Waals surface area contributed by atoms with Crippen molar-refractivity contribution in [3.8, 4) is 0 Å². The number of benzene rings is 1. The Kier molecular flexibility index (Phi) is 3.26. The molecule has 3 rings (SSSR count). The molecule has 5 heteroatoms. The first-order chi connectivity index (χ1) is 9.66. The molecule has 20 heavy (non-hydrogen) atoms. The third-order valence-electron chi connectivity index (χ3n) is 3.92. The monoisotopic (exact) mass is 271 g/mol. The Hall–Kier alpha value is -2.17. The first kappa shape index (κ1) is 12.8. The molecule has 1 fully saturated rings. The van der Waals surface area contributed by atoms with E-state index in [1.807, 2.05) is 25.1 Å². The number of fused-ring (bicyclic) bond motifs is 1. The van der Waals surface area contributed by atoms with Gasteiger partial charge in [-0.25, -0.2) is 9.97 Å². The second-order valence-corrected chi connectivity index (χ2v) is 5.29. The highest BCUT2D eigenvalue weighted by Crippen LogP contribution is 2.28. The van der Waals surface area contributed by atoms with Crippen LogP contribution in [0.4, 0.5) is 5.82 Å². The molecule has 0 saturated carbocycles. The lowest BCUT2D eigenvalue weighted by Crippen LogP contribution is -2.39. The molecular formula is C15H17N3O2. The molecule has 2 aromatic rings. The van der Waals surface area contributed by atoms with Gasteiger partial charge in [-0.3, -0.25) is 4.79 Å². The van der Waals surface area contributed by atoms with Crippen molar-refractivity contribution in [1.29, 1.82) is 0 Å². The zero-order valence-corrected chi connectivity index (χ0v) is 11.4. The smallest absolute Gasteiger partial charge is 0.308 e. The SMILES string of the molecule is Cc1cccc2c(N3CCCC(C(=O)O)C3)ncnc12. The van der Waals surface area contributed by atoms with Gasteiger partial charge >= 0.3 is 5.97 Å². The van der Waals surface area contributed by atoms with Gasteiger partial charge in [-0.2, -0.15) is 0 Å². The fourth-order valence-corrected chi connectivity index (χ4v) is 2.84. The Labute approximate surface area is 117 Å². The minimum atomic E-state index is -0.718. The van der Waals surface area contributed by atoms with Crippen LogP contribution >= 0.6 is 0 Å². The summed E-state index contributed by atoms with van der Waals surface area (Å²) in [7, 11) is 0. The first-order valence-electron chi connectivity index (χ1n) is 6.85. The van der Waals surface area contributed by atoms with Crippen molar-refractivity contribution in [3.63, 3.8) is 0 Å². The third kappa shape index (κ3) is 2.19. The number of piperidine rings is 1. The fourth-order valence-electron chi connectivity index (χ4n) is 2.84. The quantitative estimate of drug-likeness (QED) is 0.907. The van der Waals surface area contributed by atoms with Gasteiger partial charge in [0, 0.05) is 18.5 Å². The maximum atomic E-state index is 11.2. The van der Waals surface area contributed by atoms with Gasteiger partial charge in [-0.15, -0.1) is 0 Å². The van der Waals surface area contributed by atoms with E-state index in [2.05, 4.69) is 14.9 Å². The summed E-state index contributed by atoms with van der Waals surface area (Å²) in [5.74, 6) is -0.174. The Morgan fingerprint density at radius 2 is 2.25 bits per heavy atom. The van der Waals surface area contributed by atoms with E-state index in [1.165, 1.54) is 0 Å². The highest BCUT2D eigenvalue weighted by molar-refractivity contribution is 5.91. The highest BCUT2D eigenvalue weighted by atomic mass is 16.4. The summed E-state index contributed by atoms with van der Waals surface area (Å²) in [5, 5.41) is 10.2. The lowest BCUT2D eigenvalue weighted by molar-refractivity contribution is -0.141. The van der Waals surface area contributed by atoms with Crippen LogP contribution in [0.25, 0.3) is 10.9 Å². The van der Waals surface area contributed by atoms with Crippen LogP contribution < -0.4 is 4.90 Å². The number of carbonyl (C=O) groups is 1. The number of para-hydroxylation sites is 1. The van der Waals surface area contributed by atoms with E-state index in [1.54, 1.807) is 6.33 Å². The summed E-state index contributed by atoms with van der Waals surface area (Å²) in [4.78, 5) is 22.0. The van der Waals surface area contributed by atoms with Crippen LogP contribution in [0.1, 0.15) is 18.4 Å². The normalized spacial score (nSPS) is 19.2. The van der Waals surface area contributed by atoms with Crippen molar-refractivity contribution >= 4 is 22.7 Å². The van der Waals surface area contributed by atoms with E-state index in [-0.39, 0.29) is 5.92 Å². The van der Waals surface area contributed by atoms with Crippen molar-refractivity contribution in [2.24, 2.45) is 5.92 Å². The standard InChI is InChI=1S/C15H17N3O2/c1-10-4-2-6-12-13(10)16-9-17-14(12)18-7-3-5-11(8-18)15(19)20/h2,4,6,9,11H,3,5,7-8H2,1H3,(H,19,20). The van der Waals surface area contributed by atoms with Crippen molar-refractivity contribution in [2.75, 3.05) is 18.0 Å². The van der Waals surface area contributed by atoms with Crippen molar-refractivity contribution in [1.82, 2.24) is 9.97 Å². The summed E-state index contributed by atoms with van der Waals surface area (Å²) < 4.78 is 0. The second kappa shape index (κ2) is 5.07. The highest BCUT2D eigenvalue weighted by Gasteiger charge is 2.27. The van der Waals surface area contributed by atoms with Crippen LogP contribution in [-0.2, 0) is 4.79 Å². The van der Waals surface area contributed by atoms with Crippen LogP contribution in [-0.4, -0.2) is 34.1 Å². The van der Waals surface area contributed by atoms with E-state index in [9.17, 15) is 9.90 Å². The number of rotatable bonds is 2. The minimum absolute atomic E-state index is 0.307. The van der Waals surface area contributed by atoms with E-state index in [0.717, 1.165) is 41.7 Å². The van der Waals surface area contributed by atoms with E-state index in [4.69, 9.17) is 0 Å². The van der Waals surface area contributed by atoms with Crippen molar-refractivity contribution in [2.45, 2.75) is 19.8 Å². The third-order valence-corrected chi connectivity index (χ3v) is 3.92. The zero-order chi connectivity index (χ0) is 14.1. The van der Waals surface area contributed by atoms with Gasteiger partial charge in [0.2, 0.25) is 0 Å². The minimum Gasteiger partial charge on any atom is -0.481 e. The number of aromatic nitrogens is 2. The summed E-state index contributed by atoms with van der Waals surface area (Å²) in [6.45, 7) is 3.40. The number of hydrogen-bond acceptors (Lipinski definition) is 4. The molecule has 1 aliphatic rings. The number of carboxylic acid groups (broad SMARTS) is 1. The van der Waals surface area contributed by atoms with E-state index >= 15 is 0 Å². The largest absolute Gasteiger partial charge is 0.481 e. The first-order valence-corrected chi connectivity index (χ1v) is 6.85. The van der Waals surface area contributed by atoms with Gasteiger partial charge in [0.05, 0.1) is 11.4 Å². The Morgan fingerprint density at radius 3 is 3.05 bits per heavy atom. The molecule has 104 valence electrons. The van der Waals surface area contributed by atoms with Crippen LogP contribution in [0.15, 0.2) is 24.5 Å². The average Bonchev–Trinajstić information content (AvgIpc) is 2.47. The maximum Gasteiger partial charge on any atom is 0.308 e. The molecule has 0 bridgehead atoms. The number of hydrogen-bond donors (Lipinski definition) is 1.